The third kappa shape index (κ3) is 2.33. The van der Waals surface area contributed by atoms with Crippen LogP contribution in [0.25, 0.3) is 0 Å². The molecule has 1 aromatic rings. The highest BCUT2D eigenvalue weighted by molar-refractivity contribution is 7.80. The quantitative estimate of drug-likeness (QED) is 0.782. The number of fused-ring (bicyclic) bond motifs is 1. The lowest BCUT2D eigenvalue weighted by Crippen LogP contribution is -2.64. The molecule has 0 bridgehead atoms. The van der Waals surface area contributed by atoms with Crippen LogP contribution >= 0.6 is 12.2 Å². The molecule has 2 fully saturated rings. The standard InChI is InChI=1S/C14H16N4O2S/c1-8-3-5-9(6-4-8)7-18-10-11(15-14(18)21)17(2)13(20)16-12(10)19/h3-6,10-11H,7H2,1-2H3,(H,15,21)(H,16,19,20). The van der Waals surface area contributed by atoms with Gasteiger partial charge in [0, 0.05) is 13.6 Å². The molecule has 2 saturated heterocycles. The normalized spacial score (nSPS) is 24.8. The molecule has 2 aliphatic rings. The van der Waals surface area contributed by atoms with Gasteiger partial charge in [0.2, 0.25) is 0 Å². The van der Waals surface area contributed by atoms with E-state index in [2.05, 4.69) is 10.6 Å². The number of likely N-dealkylation sites (N-methyl/N-ethyl adjacent to an activating group) is 1. The molecule has 2 unspecified atom stereocenters. The molecule has 2 atom stereocenters. The van der Waals surface area contributed by atoms with Gasteiger partial charge in [-0.2, -0.15) is 0 Å². The van der Waals surface area contributed by atoms with Gasteiger partial charge >= 0.3 is 6.03 Å². The second-order valence-corrected chi connectivity index (χ2v) is 5.74. The number of rotatable bonds is 2. The Hall–Kier alpha value is -2.15. The lowest BCUT2D eigenvalue weighted by molar-refractivity contribution is -0.127. The molecule has 6 nitrogen and oxygen atoms in total. The van der Waals surface area contributed by atoms with E-state index in [1.807, 2.05) is 36.1 Å². The number of thiocarbonyl (C=S) groups is 1. The van der Waals surface area contributed by atoms with Gasteiger partial charge in [-0.15, -0.1) is 0 Å². The van der Waals surface area contributed by atoms with Crippen molar-refractivity contribution in [1.82, 2.24) is 20.4 Å². The summed E-state index contributed by atoms with van der Waals surface area (Å²) in [5.41, 5.74) is 2.25. The third-order valence-corrected chi connectivity index (χ3v) is 4.23. The van der Waals surface area contributed by atoms with E-state index in [0.717, 1.165) is 5.56 Å². The van der Waals surface area contributed by atoms with Gasteiger partial charge in [0.25, 0.3) is 5.91 Å². The molecule has 0 radical (unpaired) electrons. The summed E-state index contributed by atoms with van der Waals surface area (Å²) < 4.78 is 0. The lowest BCUT2D eigenvalue weighted by Gasteiger charge is -2.35. The summed E-state index contributed by atoms with van der Waals surface area (Å²) in [6.07, 6.45) is -0.413. The number of carbonyl (C=O) groups is 2. The number of benzene rings is 1. The summed E-state index contributed by atoms with van der Waals surface area (Å²) in [4.78, 5) is 27.1. The van der Waals surface area contributed by atoms with Crippen molar-refractivity contribution in [2.24, 2.45) is 0 Å². The van der Waals surface area contributed by atoms with Crippen LogP contribution in [0.4, 0.5) is 4.79 Å². The van der Waals surface area contributed by atoms with Crippen LogP contribution in [0.1, 0.15) is 11.1 Å². The zero-order valence-corrected chi connectivity index (χ0v) is 12.6. The molecule has 3 amide bonds. The number of nitrogens with zero attached hydrogens (tertiary/aromatic N) is 2. The SMILES string of the molecule is Cc1ccc(CN2C(=S)NC3C2C(=O)NC(=O)N3C)cc1. The van der Waals surface area contributed by atoms with Crippen molar-refractivity contribution in [2.75, 3.05) is 7.05 Å². The van der Waals surface area contributed by atoms with Gasteiger partial charge in [-0.05, 0) is 24.7 Å². The molecule has 21 heavy (non-hydrogen) atoms. The number of hydrogen-bond donors (Lipinski definition) is 2. The average Bonchev–Trinajstić information content (AvgIpc) is 2.77. The Morgan fingerprint density at radius 2 is 1.90 bits per heavy atom. The lowest BCUT2D eigenvalue weighted by atomic mass is 10.1. The fourth-order valence-corrected chi connectivity index (χ4v) is 2.93. The Bertz CT molecular complexity index is 616. The minimum Gasteiger partial charge on any atom is -0.340 e. The molecule has 0 saturated carbocycles. The molecule has 110 valence electrons. The Morgan fingerprint density at radius 3 is 2.57 bits per heavy atom. The van der Waals surface area contributed by atoms with Crippen LogP contribution < -0.4 is 10.6 Å². The number of aryl methyl sites for hydroxylation is 1. The Kier molecular flexibility index (Phi) is 3.29. The maximum absolute atomic E-state index is 12.1. The number of urea groups is 1. The molecule has 1 aromatic carbocycles. The first-order valence-electron chi connectivity index (χ1n) is 6.68. The van der Waals surface area contributed by atoms with Crippen molar-refractivity contribution >= 4 is 29.3 Å². The van der Waals surface area contributed by atoms with Gasteiger partial charge < -0.3 is 15.1 Å². The number of imide groups is 1. The molecule has 7 heteroatoms. The highest BCUT2D eigenvalue weighted by Gasteiger charge is 2.49. The molecule has 2 heterocycles. The van der Waals surface area contributed by atoms with Crippen LogP contribution in [0.5, 0.6) is 0 Å². The second kappa shape index (κ2) is 5.00. The van der Waals surface area contributed by atoms with E-state index in [-0.39, 0.29) is 5.91 Å². The molecule has 2 aliphatic heterocycles. The smallest absolute Gasteiger partial charge is 0.325 e. The summed E-state index contributed by atoms with van der Waals surface area (Å²) in [5.74, 6) is -0.317. The maximum atomic E-state index is 12.1. The average molecular weight is 304 g/mol. The molecular formula is C14H16N4O2S. The first-order valence-corrected chi connectivity index (χ1v) is 7.08. The van der Waals surface area contributed by atoms with Gasteiger partial charge in [0.05, 0.1) is 0 Å². The van der Waals surface area contributed by atoms with E-state index in [1.165, 1.54) is 10.5 Å². The number of hydrogen-bond acceptors (Lipinski definition) is 3. The summed E-state index contributed by atoms with van der Waals surface area (Å²) in [6, 6.07) is 7.17. The number of nitrogens with one attached hydrogen (secondary N) is 2. The van der Waals surface area contributed by atoms with Gasteiger partial charge in [0.15, 0.2) is 5.11 Å². The maximum Gasteiger partial charge on any atom is 0.325 e. The van der Waals surface area contributed by atoms with Crippen molar-refractivity contribution in [1.29, 1.82) is 0 Å². The van der Waals surface area contributed by atoms with Crippen molar-refractivity contribution < 1.29 is 9.59 Å². The van der Waals surface area contributed by atoms with Crippen LogP contribution in [-0.4, -0.2) is 46.1 Å². The topological polar surface area (TPSA) is 64.7 Å². The van der Waals surface area contributed by atoms with Crippen molar-refractivity contribution in [3.63, 3.8) is 0 Å². The van der Waals surface area contributed by atoms with Crippen molar-refractivity contribution in [2.45, 2.75) is 25.7 Å². The van der Waals surface area contributed by atoms with E-state index < -0.39 is 18.2 Å². The molecular weight excluding hydrogens is 288 g/mol. The van der Waals surface area contributed by atoms with Crippen LogP contribution in [0.2, 0.25) is 0 Å². The fourth-order valence-electron chi connectivity index (χ4n) is 2.63. The van der Waals surface area contributed by atoms with Gasteiger partial charge in [-0.1, -0.05) is 29.8 Å². The predicted molar refractivity (Wildman–Crippen MR) is 81.3 cm³/mol. The second-order valence-electron chi connectivity index (χ2n) is 5.36. The zero-order chi connectivity index (χ0) is 15.1. The van der Waals surface area contributed by atoms with Crippen LogP contribution in [0, 0.1) is 6.92 Å². The van der Waals surface area contributed by atoms with E-state index in [9.17, 15) is 9.59 Å². The van der Waals surface area contributed by atoms with E-state index in [1.54, 1.807) is 7.05 Å². The Morgan fingerprint density at radius 1 is 1.24 bits per heavy atom. The van der Waals surface area contributed by atoms with Gasteiger partial charge in [-0.3, -0.25) is 10.1 Å². The summed E-state index contributed by atoms with van der Waals surface area (Å²) >= 11 is 5.32. The number of amides is 3. The Balaban J connectivity index is 1.85. The van der Waals surface area contributed by atoms with Crippen LogP contribution in [0.3, 0.4) is 0 Å². The number of carbonyl (C=O) groups excluding carboxylic acids is 2. The molecule has 0 aliphatic carbocycles. The largest absolute Gasteiger partial charge is 0.340 e. The van der Waals surface area contributed by atoms with Gasteiger partial charge in [0.1, 0.15) is 12.2 Å². The molecule has 2 N–H and O–H groups in total. The van der Waals surface area contributed by atoms with Gasteiger partial charge in [-0.25, -0.2) is 4.79 Å². The first-order chi connectivity index (χ1) is 9.97. The predicted octanol–water partition coefficient (Wildman–Crippen LogP) is 0.561. The fraction of sp³-hybridized carbons (Fsp3) is 0.357. The zero-order valence-electron chi connectivity index (χ0n) is 11.8. The first kappa shape index (κ1) is 13.8. The molecule has 0 spiro atoms. The van der Waals surface area contributed by atoms with E-state index in [4.69, 9.17) is 12.2 Å². The monoisotopic (exact) mass is 304 g/mol. The molecule has 0 aromatic heterocycles. The van der Waals surface area contributed by atoms with E-state index >= 15 is 0 Å². The Labute approximate surface area is 128 Å². The third-order valence-electron chi connectivity index (χ3n) is 3.88. The minimum absolute atomic E-state index is 0.317. The van der Waals surface area contributed by atoms with Crippen molar-refractivity contribution in [3.05, 3.63) is 35.4 Å². The highest BCUT2D eigenvalue weighted by atomic mass is 32.1. The minimum atomic E-state index is -0.499. The van der Waals surface area contributed by atoms with E-state index in [0.29, 0.717) is 11.7 Å². The van der Waals surface area contributed by atoms with Crippen LogP contribution in [0.15, 0.2) is 24.3 Å². The summed E-state index contributed by atoms with van der Waals surface area (Å²) in [7, 11) is 1.64. The summed E-state index contributed by atoms with van der Waals surface area (Å²) in [6.45, 7) is 2.56. The van der Waals surface area contributed by atoms with Crippen LogP contribution in [-0.2, 0) is 11.3 Å². The highest BCUT2D eigenvalue weighted by Crippen LogP contribution is 2.22. The molecule has 3 rings (SSSR count). The summed E-state index contributed by atoms with van der Waals surface area (Å²) in [5, 5.41) is 5.89. The van der Waals surface area contributed by atoms with Crippen molar-refractivity contribution in [3.8, 4) is 0 Å².